The van der Waals surface area contributed by atoms with Crippen LogP contribution in [0.25, 0.3) is 0 Å². The monoisotopic (exact) mass is 424 g/mol. The molecule has 0 amide bonds. The topological polar surface area (TPSA) is 62.4 Å². The lowest BCUT2D eigenvalue weighted by Gasteiger charge is -2.15. The van der Waals surface area contributed by atoms with Crippen LogP contribution >= 0.6 is 0 Å². The van der Waals surface area contributed by atoms with Gasteiger partial charge in [0.25, 0.3) is 6.26 Å². The van der Waals surface area contributed by atoms with Crippen LogP contribution < -0.4 is 4.74 Å². The van der Waals surface area contributed by atoms with E-state index < -0.39 is 0 Å². The van der Waals surface area contributed by atoms with Crippen LogP contribution in [0.2, 0.25) is 0 Å². The van der Waals surface area contributed by atoms with E-state index in [1.807, 2.05) is 27.7 Å². The molecule has 4 nitrogen and oxygen atoms in total. The third kappa shape index (κ3) is 4.97. The molecule has 3 aromatic rings. The van der Waals surface area contributed by atoms with Crippen molar-refractivity contribution in [2.75, 3.05) is 0 Å². The van der Waals surface area contributed by atoms with Crippen LogP contribution in [0.1, 0.15) is 55.6 Å². The molecule has 3 aromatic carbocycles. The van der Waals surface area contributed by atoms with E-state index in [2.05, 4.69) is 55.2 Å². The zero-order valence-corrected chi connectivity index (χ0v) is 19.6. The lowest BCUT2D eigenvalue weighted by Crippen LogP contribution is -2.01. The number of benzene rings is 3. The van der Waals surface area contributed by atoms with E-state index in [-0.39, 0.29) is 0 Å². The van der Waals surface area contributed by atoms with Crippen molar-refractivity contribution >= 4 is 11.8 Å². The summed E-state index contributed by atoms with van der Waals surface area (Å²) in [5.41, 5.74) is 12.1. The fraction of sp³-hybridized carbons (Fsp3) is 0.286. The predicted molar refractivity (Wildman–Crippen MR) is 127 cm³/mol. The van der Waals surface area contributed by atoms with Gasteiger partial charge in [-0.3, -0.25) is 0 Å². The molecular weight excluding hydrogens is 396 g/mol. The average molecular weight is 425 g/mol. The molecular formula is C28H28N2O2. The van der Waals surface area contributed by atoms with Crippen molar-refractivity contribution < 1.29 is 9.53 Å². The van der Waals surface area contributed by atoms with Gasteiger partial charge in [-0.15, -0.1) is 5.26 Å². The minimum Gasteiger partial charge on any atom is -0.387 e. The number of hydrogen-bond acceptors (Lipinski definition) is 4. The van der Waals surface area contributed by atoms with Gasteiger partial charge in [0.2, 0.25) is 6.08 Å². The zero-order chi connectivity index (χ0) is 23.4. The van der Waals surface area contributed by atoms with Crippen LogP contribution in [0.5, 0.6) is 5.75 Å². The molecule has 0 saturated heterocycles. The first-order valence-electron chi connectivity index (χ1n) is 10.7. The van der Waals surface area contributed by atoms with E-state index in [1.54, 1.807) is 12.3 Å². The van der Waals surface area contributed by atoms with Crippen molar-refractivity contribution in [3.05, 3.63) is 92.0 Å². The molecule has 0 aliphatic heterocycles. The summed E-state index contributed by atoms with van der Waals surface area (Å²) in [4.78, 5) is 14.5. The summed E-state index contributed by atoms with van der Waals surface area (Å²) in [6, 6.07) is 12.9. The first kappa shape index (κ1) is 23.0. The molecule has 0 atom stereocenters. The lowest BCUT2D eigenvalue weighted by atomic mass is 9.90. The molecule has 32 heavy (non-hydrogen) atoms. The van der Waals surface area contributed by atoms with Crippen LogP contribution in [0.15, 0.2) is 41.4 Å². The summed E-state index contributed by atoms with van der Waals surface area (Å²) in [7, 11) is 0. The van der Waals surface area contributed by atoms with Gasteiger partial charge in [-0.1, -0.05) is 36.4 Å². The Balaban J connectivity index is 1.94. The van der Waals surface area contributed by atoms with E-state index in [0.29, 0.717) is 11.4 Å². The Bertz CT molecular complexity index is 1230. The molecule has 162 valence electrons. The van der Waals surface area contributed by atoms with Gasteiger partial charge < -0.3 is 4.74 Å². The Morgan fingerprint density at radius 1 is 0.719 bits per heavy atom. The Morgan fingerprint density at radius 3 is 1.62 bits per heavy atom. The van der Waals surface area contributed by atoms with Crippen LogP contribution in [-0.4, -0.2) is 6.08 Å². The summed E-state index contributed by atoms with van der Waals surface area (Å²) in [5, 5.41) is 8.87. The van der Waals surface area contributed by atoms with E-state index >= 15 is 0 Å². The number of rotatable bonds is 6. The van der Waals surface area contributed by atoms with Crippen molar-refractivity contribution in [2.45, 2.75) is 54.4 Å². The quantitative estimate of drug-likeness (QED) is 0.256. The summed E-state index contributed by atoms with van der Waals surface area (Å²) >= 11 is 0. The third-order valence-corrected chi connectivity index (χ3v) is 5.96. The van der Waals surface area contributed by atoms with Crippen LogP contribution in [0.3, 0.4) is 0 Å². The molecule has 0 heterocycles. The first-order chi connectivity index (χ1) is 15.2. The Kier molecular flexibility index (Phi) is 6.93. The number of carbonyl (C=O) groups excluding carboxylic acids is 1. The SMILES string of the molecule is Cc1cc(C)c(Cc2cc(C)c(OC#N)c(C)c2)cc1Cc1cc(C)c(N=C=O)c(C)c1. The highest BCUT2D eigenvalue weighted by Gasteiger charge is 2.12. The molecule has 0 saturated carbocycles. The molecule has 0 bridgehead atoms. The molecule has 3 rings (SSSR count). The normalized spacial score (nSPS) is 10.4. The number of nitrogens with zero attached hydrogens (tertiary/aromatic N) is 2. The summed E-state index contributed by atoms with van der Waals surface area (Å²) in [6.07, 6.45) is 5.06. The van der Waals surface area contributed by atoms with Crippen LogP contribution in [0.4, 0.5) is 5.69 Å². The Hall–Kier alpha value is -3.67. The predicted octanol–water partition coefficient (Wildman–Crippen LogP) is 6.55. The molecule has 0 fully saturated rings. The minimum absolute atomic E-state index is 0.644. The molecule has 0 radical (unpaired) electrons. The summed E-state index contributed by atoms with van der Waals surface area (Å²) in [6.45, 7) is 12.2. The highest BCUT2D eigenvalue weighted by molar-refractivity contribution is 5.59. The maximum absolute atomic E-state index is 10.7. The second kappa shape index (κ2) is 9.64. The van der Waals surface area contributed by atoms with Crippen LogP contribution in [-0.2, 0) is 17.6 Å². The van der Waals surface area contributed by atoms with E-state index in [9.17, 15) is 4.79 Å². The van der Waals surface area contributed by atoms with Gasteiger partial charge in [-0.25, -0.2) is 4.79 Å². The van der Waals surface area contributed by atoms with Crippen molar-refractivity contribution in [1.82, 2.24) is 0 Å². The second-order valence-corrected chi connectivity index (χ2v) is 8.59. The van der Waals surface area contributed by atoms with Crippen LogP contribution in [0, 0.1) is 53.1 Å². The summed E-state index contributed by atoms with van der Waals surface area (Å²) < 4.78 is 5.12. The number of aliphatic imine (C=N–C) groups is 1. The second-order valence-electron chi connectivity index (χ2n) is 8.59. The molecule has 0 aliphatic rings. The lowest BCUT2D eigenvalue weighted by molar-refractivity contribution is 0.498. The van der Waals surface area contributed by atoms with Gasteiger partial charge in [0.15, 0.2) is 0 Å². The van der Waals surface area contributed by atoms with E-state index in [4.69, 9.17) is 10.00 Å². The number of isocyanates is 1. The Morgan fingerprint density at radius 2 is 1.19 bits per heavy atom. The number of ether oxygens (including phenoxy) is 1. The molecule has 0 aromatic heterocycles. The van der Waals surface area contributed by atoms with Crippen molar-refractivity contribution in [2.24, 2.45) is 4.99 Å². The third-order valence-electron chi connectivity index (χ3n) is 5.96. The molecule has 0 aliphatic carbocycles. The number of hydrogen-bond donors (Lipinski definition) is 0. The van der Waals surface area contributed by atoms with Gasteiger partial charge in [-0.05, 0) is 110 Å². The van der Waals surface area contributed by atoms with E-state index in [0.717, 1.165) is 35.1 Å². The van der Waals surface area contributed by atoms with Gasteiger partial charge in [0, 0.05) is 0 Å². The molecule has 0 spiro atoms. The number of nitriles is 1. The van der Waals surface area contributed by atoms with Crippen molar-refractivity contribution in [1.29, 1.82) is 5.26 Å². The van der Waals surface area contributed by atoms with Gasteiger partial charge in [0.1, 0.15) is 5.75 Å². The fourth-order valence-electron chi connectivity index (χ4n) is 4.49. The van der Waals surface area contributed by atoms with E-state index in [1.165, 1.54) is 33.4 Å². The zero-order valence-electron chi connectivity index (χ0n) is 19.6. The smallest absolute Gasteiger partial charge is 0.292 e. The maximum Gasteiger partial charge on any atom is 0.292 e. The summed E-state index contributed by atoms with van der Waals surface area (Å²) in [5.74, 6) is 0.644. The largest absolute Gasteiger partial charge is 0.387 e. The maximum atomic E-state index is 10.7. The molecule has 4 heteroatoms. The Labute approximate surface area is 190 Å². The van der Waals surface area contributed by atoms with Gasteiger partial charge >= 0.3 is 0 Å². The first-order valence-corrected chi connectivity index (χ1v) is 10.7. The average Bonchev–Trinajstić information content (AvgIpc) is 2.71. The van der Waals surface area contributed by atoms with Gasteiger partial charge in [0.05, 0.1) is 5.69 Å². The highest BCUT2D eigenvalue weighted by atomic mass is 16.5. The minimum atomic E-state index is 0.644. The van der Waals surface area contributed by atoms with Crippen molar-refractivity contribution in [3.63, 3.8) is 0 Å². The standard InChI is InChI=1S/C28H28N2O2/c1-17-7-18(2)26(13-24-10-21(5)28(32-15-29)22(6)11-24)14-25(17)12-23-8-19(3)27(30-16-31)20(4)9-23/h7-11,14H,12-13H2,1-6H3. The highest BCUT2D eigenvalue weighted by Crippen LogP contribution is 2.29. The molecule has 0 N–H and O–H groups in total. The fourth-order valence-corrected chi connectivity index (χ4v) is 4.49. The molecule has 0 unspecified atom stereocenters. The number of aryl methyl sites for hydroxylation is 6. The van der Waals surface area contributed by atoms with Gasteiger partial charge in [-0.2, -0.15) is 4.99 Å². The van der Waals surface area contributed by atoms with Crippen molar-refractivity contribution in [3.8, 4) is 12.0 Å².